The topological polar surface area (TPSA) is 52.1 Å². The highest BCUT2D eigenvalue weighted by Crippen LogP contribution is 2.30. The number of benzene rings is 1. The van der Waals surface area contributed by atoms with Crippen LogP contribution in [-0.2, 0) is 6.42 Å². The van der Waals surface area contributed by atoms with E-state index in [2.05, 4.69) is 10.2 Å². The molecule has 2 aromatic heterocycles. The molecule has 3 aromatic rings. The van der Waals surface area contributed by atoms with Crippen molar-refractivity contribution < 1.29 is 10.2 Å². The molecule has 5 heteroatoms. The van der Waals surface area contributed by atoms with Crippen molar-refractivity contribution in [3.05, 3.63) is 35.2 Å². The van der Waals surface area contributed by atoms with Crippen molar-refractivity contribution in [3.8, 4) is 11.7 Å². The van der Waals surface area contributed by atoms with E-state index >= 15 is 0 Å². The lowest BCUT2D eigenvalue weighted by Gasteiger charge is -2.19. The first-order valence-electron chi connectivity index (χ1n) is 8.19. The van der Waals surface area contributed by atoms with Gasteiger partial charge in [-0.2, -0.15) is 0 Å². The summed E-state index contributed by atoms with van der Waals surface area (Å²) in [6, 6.07) is 7.33. The van der Waals surface area contributed by atoms with Crippen LogP contribution in [0, 0.1) is 5.92 Å². The first-order valence-corrected chi connectivity index (χ1v) is 7.99. The smallest absolute Gasteiger partial charge is 0.283 e. The summed E-state index contributed by atoms with van der Waals surface area (Å²) in [7, 11) is 0. The summed E-state index contributed by atoms with van der Waals surface area (Å²) in [6.07, 6.45) is 4.95. The summed E-state index contributed by atoms with van der Waals surface area (Å²) < 4.78 is 19.3. The zero-order valence-electron chi connectivity index (χ0n) is 13.1. The number of hydrogen-bond donors (Lipinski definition) is 0. The van der Waals surface area contributed by atoms with E-state index in [0.29, 0.717) is 28.5 Å². The molecule has 0 N–H and O–H groups in total. The van der Waals surface area contributed by atoms with Crippen molar-refractivity contribution in [1.29, 1.82) is 0 Å². The summed E-state index contributed by atoms with van der Waals surface area (Å²) in [5.74, 6) is 2.16. The zero-order valence-corrected chi connectivity index (χ0v) is 12.8. The Kier molecular flexibility index (Phi) is 3.33. The van der Waals surface area contributed by atoms with Crippen LogP contribution in [0.5, 0.6) is 0 Å². The maximum atomic E-state index is 7.75. The molecule has 2 heterocycles. The van der Waals surface area contributed by atoms with Crippen molar-refractivity contribution in [2.75, 3.05) is 0 Å². The lowest BCUT2D eigenvalue weighted by molar-refractivity contribution is 0.329. The maximum Gasteiger partial charge on any atom is 0.283 e. The van der Waals surface area contributed by atoms with Gasteiger partial charge in [0.15, 0.2) is 5.76 Å². The molecule has 1 fully saturated rings. The first-order chi connectivity index (χ1) is 11.2. The second-order valence-electron chi connectivity index (χ2n) is 5.81. The van der Waals surface area contributed by atoms with Gasteiger partial charge in [0.05, 0.1) is 0 Å². The minimum absolute atomic E-state index is 0.104. The standard InChI is InChI=1S/C17H17ClN2O2/c18-13-6-7-14-12(9-13)10-15(21-14)17-20-19-16(22-17)8-11-4-2-1-3-5-11/h6-7,9-11H,1-5,8H2/i1D. The van der Waals surface area contributed by atoms with Gasteiger partial charge in [-0.05, 0) is 43.0 Å². The molecular formula is C17H17ClN2O2. The SMILES string of the molecule is [2H]C1CCC(Cc2nnc(-c3cc4cc(Cl)ccc4o3)o2)CC1. The third-order valence-corrected chi connectivity index (χ3v) is 4.41. The summed E-state index contributed by atoms with van der Waals surface area (Å²) in [5.41, 5.74) is 0.748. The highest BCUT2D eigenvalue weighted by molar-refractivity contribution is 6.31. The zero-order chi connectivity index (χ0) is 15.8. The van der Waals surface area contributed by atoms with E-state index in [0.717, 1.165) is 43.1 Å². The predicted molar refractivity (Wildman–Crippen MR) is 84.8 cm³/mol. The normalized spacial score (nSPS) is 22.9. The number of aromatic nitrogens is 2. The van der Waals surface area contributed by atoms with E-state index in [9.17, 15) is 0 Å². The Morgan fingerprint density at radius 1 is 1.18 bits per heavy atom. The van der Waals surface area contributed by atoms with Crippen LogP contribution in [0.1, 0.15) is 39.3 Å². The van der Waals surface area contributed by atoms with Crippen LogP contribution in [-0.4, -0.2) is 10.2 Å². The van der Waals surface area contributed by atoms with Gasteiger partial charge in [-0.1, -0.05) is 30.8 Å². The Balaban J connectivity index is 1.52. The molecule has 1 aliphatic carbocycles. The molecule has 0 bridgehead atoms. The minimum atomic E-state index is 0.104. The molecule has 22 heavy (non-hydrogen) atoms. The van der Waals surface area contributed by atoms with Crippen molar-refractivity contribution in [1.82, 2.24) is 10.2 Å². The lowest BCUT2D eigenvalue weighted by Crippen LogP contribution is -2.09. The largest absolute Gasteiger partial charge is 0.451 e. The summed E-state index contributed by atoms with van der Waals surface area (Å²) >= 11 is 5.99. The van der Waals surface area contributed by atoms with Gasteiger partial charge in [0, 0.05) is 18.2 Å². The molecule has 0 amide bonds. The molecule has 114 valence electrons. The van der Waals surface area contributed by atoms with Crippen molar-refractivity contribution in [2.45, 2.75) is 38.5 Å². The molecule has 0 unspecified atom stereocenters. The number of hydrogen-bond acceptors (Lipinski definition) is 4. The molecule has 4 rings (SSSR count). The van der Waals surface area contributed by atoms with E-state index in [1.165, 1.54) is 0 Å². The van der Waals surface area contributed by atoms with Crippen LogP contribution in [0.2, 0.25) is 5.02 Å². The van der Waals surface area contributed by atoms with E-state index in [1.807, 2.05) is 18.2 Å². The first kappa shape index (κ1) is 12.7. The second-order valence-corrected chi connectivity index (χ2v) is 6.24. The van der Waals surface area contributed by atoms with Gasteiger partial charge in [-0.25, -0.2) is 0 Å². The van der Waals surface area contributed by atoms with Gasteiger partial charge in [-0.15, -0.1) is 10.2 Å². The minimum Gasteiger partial charge on any atom is -0.451 e. The van der Waals surface area contributed by atoms with E-state index < -0.39 is 0 Å². The molecule has 0 atom stereocenters. The molecule has 0 spiro atoms. The van der Waals surface area contributed by atoms with Crippen molar-refractivity contribution >= 4 is 22.6 Å². The van der Waals surface area contributed by atoms with Crippen molar-refractivity contribution in [3.63, 3.8) is 0 Å². The van der Waals surface area contributed by atoms with E-state index in [4.69, 9.17) is 21.8 Å². The molecule has 4 nitrogen and oxygen atoms in total. The second kappa shape index (κ2) is 5.76. The fourth-order valence-electron chi connectivity index (χ4n) is 3.00. The Morgan fingerprint density at radius 2 is 2.05 bits per heavy atom. The number of furan rings is 1. The fraction of sp³-hybridized carbons (Fsp3) is 0.412. The Bertz CT molecular complexity index is 821. The van der Waals surface area contributed by atoms with Crippen molar-refractivity contribution in [2.24, 2.45) is 5.92 Å². The van der Waals surface area contributed by atoms with Crippen LogP contribution in [0.15, 0.2) is 33.1 Å². The number of fused-ring (bicyclic) bond motifs is 1. The number of nitrogens with zero attached hydrogens (tertiary/aromatic N) is 2. The number of halogens is 1. The van der Waals surface area contributed by atoms with Gasteiger partial charge < -0.3 is 8.83 Å². The van der Waals surface area contributed by atoms with Gasteiger partial charge in [0.1, 0.15) is 5.58 Å². The molecule has 1 aliphatic rings. The summed E-state index contributed by atoms with van der Waals surface area (Å²) in [5, 5.41) is 9.83. The van der Waals surface area contributed by atoms with E-state index in [-0.39, 0.29) is 6.40 Å². The Morgan fingerprint density at radius 3 is 2.91 bits per heavy atom. The van der Waals surface area contributed by atoms with Crippen LogP contribution in [0.4, 0.5) is 0 Å². The third kappa shape index (κ3) is 2.75. The molecule has 1 saturated carbocycles. The van der Waals surface area contributed by atoms with Gasteiger partial charge >= 0.3 is 0 Å². The monoisotopic (exact) mass is 317 g/mol. The predicted octanol–water partition coefficient (Wildman–Crippen LogP) is 5.26. The Hall–Kier alpha value is -1.81. The van der Waals surface area contributed by atoms with Crippen LogP contribution < -0.4 is 0 Å². The molecule has 1 aromatic carbocycles. The average Bonchev–Trinajstić information content (AvgIpc) is 3.15. The third-order valence-electron chi connectivity index (χ3n) is 4.18. The average molecular weight is 318 g/mol. The van der Waals surface area contributed by atoms with E-state index in [1.54, 1.807) is 6.07 Å². The quantitative estimate of drug-likeness (QED) is 0.661. The fourth-order valence-corrected chi connectivity index (χ4v) is 3.18. The molecule has 0 saturated heterocycles. The summed E-state index contributed by atoms with van der Waals surface area (Å²) in [6.45, 7) is 0. The van der Waals surface area contributed by atoms with Gasteiger partial charge in [0.25, 0.3) is 5.89 Å². The highest BCUT2D eigenvalue weighted by Gasteiger charge is 2.19. The number of rotatable bonds is 3. The highest BCUT2D eigenvalue weighted by atomic mass is 35.5. The van der Waals surface area contributed by atoms with Gasteiger partial charge in [0.2, 0.25) is 5.89 Å². The molecular weight excluding hydrogens is 300 g/mol. The maximum absolute atomic E-state index is 7.75. The van der Waals surface area contributed by atoms with Gasteiger partial charge in [-0.3, -0.25) is 0 Å². The molecule has 0 radical (unpaired) electrons. The Labute approximate surface area is 134 Å². The lowest BCUT2D eigenvalue weighted by atomic mass is 9.87. The van der Waals surface area contributed by atoms with Crippen LogP contribution in [0.25, 0.3) is 22.6 Å². The summed E-state index contributed by atoms with van der Waals surface area (Å²) in [4.78, 5) is 0. The molecule has 0 aliphatic heterocycles. The van der Waals surface area contributed by atoms with Crippen LogP contribution in [0.3, 0.4) is 0 Å². The van der Waals surface area contributed by atoms with Crippen LogP contribution >= 0.6 is 11.6 Å².